The summed E-state index contributed by atoms with van der Waals surface area (Å²) in [5.41, 5.74) is 0. The van der Waals surface area contributed by atoms with E-state index in [-0.39, 0.29) is 0 Å². The van der Waals surface area contributed by atoms with Gasteiger partial charge in [-0.2, -0.15) is 0 Å². The van der Waals surface area contributed by atoms with E-state index >= 15 is 0 Å². The summed E-state index contributed by atoms with van der Waals surface area (Å²) in [6.45, 7) is 4.58. The molecular formula is C9H20I+. The summed E-state index contributed by atoms with van der Waals surface area (Å²) in [5.74, 6) is 0. The molecule has 0 bridgehead atoms. The van der Waals surface area contributed by atoms with Crippen molar-refractivity contribution in [3.05, 3.63) is 0 Å². The average Bonchev–Trinajstić information content (AvgIpc) is 1.97. The molecule has 0 aliphatic rings. The Kier molecular flexibility index (Phi) is 10.4. The van der Waals surface area contributed by atoms with Gasteiger partial charge in [0.15, 0.2) is 0 Å². The van der Waals surface area contributed by atoms with Gasteiger partial charge in [0.1, 0.15) is 8.86 Å². The lowest BCUT2D eigenvalue weighted by molar-refractivity contribution is -0.655. The molecule has 0 unspecified atom stereocenters. The second-order valence-corrected chi connectivity index (χ2v) is 5.86. The predicted octanol–water partition coefficient (Wildman–Crippen LogP) is 0.0657. The lowest BCUT2D eigenvalue weighted by atomic mass is 10.2. The number of alkyl halides is 2. The van der Waals surface area contributed by atoms with Crippen molar-refractivity contribution in [1.82, 2.24) is 0 Å². The first-order valence-corrected chi connectivity index (χ1v) is 7.50. The Morgan fingerprint density at radius 3 is 2.20 bits per heavy atom. The van der Waals surface area contributed by atoms with Crippen LogP contribution in [0.4, 0.5) is 0 Å². The van der Waals surface area contributed by atoms with E-state index in [0.29, 0.717) is 21.2 Å². The Bertz CT molecular complexity index is 44.7. The Balaban J connectivity index is 2.65. The van der Waals surface area contributed by atoms with Gasteiger partial charge in [0, 0.05) is 0 Å². The fourth-order valence-electron chi connectivity index (χ4n) is 0.844. The van der Waals surface area contributed by atoms with Gasteiger partial charge >= 0.3 is 0 Å². The zero-order valence-corrected chi connectivity index (χ0v) is 9.49. The molecule has 10 heavy (non-hydrogen) atoms. The second kappa shape index (κ2) is 9.73. The monoisotopic (exact) mass is 255 g/mol. The summed E-state index contributed by atoms with van der Waals surface area (Å²) in [7, 11) is 0. The minimum atomic E-state index is 0.607. The first-order valence-electron chi connectivity index (χ1n) is 4.45. The van der Waals surface area contributed by atoms with Gasteiger partial charge in [-0.3, -0.25) is 0 Å². The van der Waals surface area contributed by atoms with Crippen LogP contribution in [0.2, 0.25) is 0 Å². The Morgan fingerprint density at radius 1 is 0.800 bits per heavy atom. The molecule has 0 aromatic rings. The lowest BCUT2D eigenvalue weighted by Gasteiger charge is -1.89. The molecule has 0 atom stereocenters. The summed E-state index contributed by atoms with van der Waals surface area (Å²) in [6, 6.07) is 0. The van der Waals surface area contributed by atoms with Gasteiger partial charge in [0.05, 0.1) is 0 Å². The van der Waals surface area contributed by atoms with Crippen LogP contribution >= 0.6 is 0 Å². The van der Waals surface area contributed by atoms with Crippen LogP contribution in [0, 0.1) is 0 Å². The smallest absolute Gasteiger partial charge is 0.0654 e. The van der Waals surface area contributed by atoms with Crippen LogP contribution in [0.1, 0.15) is 46.0 Å². The van der Waals surface area contributed by atoms with Crippen molar-refractivity contribution < 1.29 is 21.2 Å². The van der Waals surface area contributed by atoms with Gasteiger partial charge in [0.25, 0.3) is 21.2 Å². The Labute approximate surface area is 76.0 Å². The molecule has 0 saturated carbocycles. The molecule has 0 aliphatic heterocycles. The van der Waals surface area contributed by atoms with Crippen LogP contribution in [-0.2, 0) is 0 Å². The van der Waals surface area contributed by atoms with E-state index in [1.165, 1.54) is 32.1 Å². The highest BCUT2D eigenvalue weighted by molar-refractivity contribution is 4.36. The number of rotatable bonds is 7. The van der Waals surface area contributed by atoms with Crippen molar-refractivity contribution >= 4 is 0 Å². The number of halogens is 1. The van der Waals surface area contributed by atoms with E-state index in [1.807, 2.05) is 0 Å². The number of unbranched alkanes of at least 4 members (excludes halogenated alkanes) is 3. The first-order chi connectivity index (χ1) is 4.91. The zero-order chi connectivity index (χ0) is 7.66. The van der Waals surface area contributed by atoms with Crippen LogP contribution in [-0.4, -0.2) is 8.86 Å². The van der Waals surface area contributed by atoms with Crippen LogP contribution in [0.15, 0.2) is 0 Å². The van der Waals surface area contributed by atoms with Crippen molar-refractivity contribution in [3.8, 4) is 0 Å². The van der Waals surface area contributed by atoms with Gasteiger partial charge in [-0.15, -0.1) is 0 Å². The van der Waals surface area contributed by atoms with E-state index in [2.05, 4.69) is 13.8 Å². The molecule has 0 nitrogen and oxygen atoms in total. The van der Waals surface area contributed by atoms with E-state index in [1.54, 1.807) is 8.86 Å². The number of hydrogen-bond acceptors (Lipinski definition) is 0. The second-order valence-electron chi connectivity index (χ2n) is 2.63. The largest absolute Gasteiger partial charge is 0.268 e. The fourth-order valence-corrected chi connectivity index (χ4v) is 3.22. The van der Waals surface area contributed by atoms with Gasteiger partial charge in [0.2, 0.25) is 0 Å². The van der Waals surface area contributed by atoms with Crippen molar-refractivity contribution in [2.45, 2.75) is 46.0 Å². The van der Waals surface area contributed by atoms with Crippen molar-refractivity contribution in [2.24, 2.45) is 0 Å². The van der Waals surface area contributed by atoms with Gasteiger partial charge in [-0.1, -0.05) is 26.7 Å². The summed E-state index contributed by atoms with van der Waals surface area (Å²) in [6.07, 6.45) is 7.25. The van der Waals surface area contributed by atoms with Gasteiger partial charge < -0.3 is 0 Å². The minimum Gasteiger partial charge on any atom is -0.0654 e. The zero-order valence-electron chi connectivity index (χ0n) is 7.33. The Morgan fingerprint density at radius 2 is 1.60 bits per heavy atom. The van der Waals surface area contributed by atoms with E-state index in [0.717, 1.165) is 0 Å². The van der Waals surface area contributed by atoms with Crippen molar-refractivity contribution in [2.75, 3.05) is 8.86 Å². The molecule has 1 heteroatoms. The molecule has 0 spiro atoms. The SMILES string of the molecule is CCCCCC[I+]CCC. The van der Waals surface area contributed by atoms with Crippen molar-refractivity contribution in [1.29, 1.82) is 0 Å². The summed E-state index contributed by atoms with van der Waals surface area (Å²) >= 11 is 0.607. The molecule has 62 valence electrons. The first kappa shape index (κ1) is 10.7. The van der Waals surface area contributed by atoms with E-state index in [4.69, 9.17) is 0 Å². The third kappa shape index (κ3) is 8.73. The fraction of sp³-hybridized carbons (Fsp3) is 1.00. The normalized spacial score (nSPS) is 10.2. The topological polar surface area (TPSA) is 0 Å². The predicted molar refractivity (Wildman–Crippen MR) is 44.2 cm³/mol. The van der Waals surface area contributed by atoms with Crippen LogP contribution < -0.4 is 21.2 Å². The van der Waals surface area contributed by atoms with Gasteiger partial charge in [-0.05, 0) is 19.3 Å². The molecule has 0 heterocycles. The molecule has 0 aliphatic carbocycles. The summed E-state index contributed by atoms with van der Waals surface area (Å²) in [4.78, 5) is 0. The Hall–Kier alpha value is 0.730. The maximum atomic E-state index is 2.30. The standard InChI is InChI=1S/C9H20I/c1-3-5-6-7-9-10-8-4-2/h3-9H2,1-2H3/q+1. The molecule has 0 N–H and O–H groups in total. The molecule has 0 aromatic heterocycles. The third-order valence-electron chi connectivity index (χ3n) is 1.44. The van der Waals surface area contributed by atoms with E-state index < -0.39 is 0 Å². The highest BCUT2D eigenvalue weighted by Gasteiger charge is 2.01. The molecule has 0 rings (SSSR count). The van der Waals surface area contributed by atoms with E-state index in [9.17, 15) is 0 Å². The summed E-state index contributed by atoms with van der Waals surface area (Å²) in [5, 5.41) is 0. The molecule has 0 fully saturated rings. The minimum absolute atomic E-state index is 0.607. The third-order valence-corrected chi connectivity index (χ3v) is 4.81. The van der Waals surface area contributed by atoms with Crippen molar-refractivity contribution in [3.63, 3.8) is 0 Å². The highest BCUT2D eigenvalue weighted by atomic mass is 127. The van der Waals surface area contributed by atoms with Crippen LogP contribution in [0.3, 0.4) is 0 Å². The molecule has 0 aromatic carbocycles. The summed E-state index contributed by atoms with van der Waals surface area (Å²) < 4.78 is 3.12. The van der Waals surface area contributed by atoms with Crippen LogP contribution in [0.5, 0.6) is 0 Å². The van der Waals surface area contributed by atoms with Gasteiger partial charge in [-0.25, -0.2) is 0 Å². The quantitative estimate of drug-likeness (QED) is 0.343. The lowest BCUT2D eigenvalue weighted by Crippen LogP contribution is -3.63. The maximum Gasteiger partial charge on any atom is 0.268 e. The molecule has 0 saturated heterocycles. The van der Waals surface area contributed by atoms with Crippen LogP contribution in [0.25, 0.3) is 0 Å². The molecule has 0 amide bonds. The molecule has 0 radical (unpaired) electrons. The molecular weight excluding hydrogens is 235 g/mol. The maximum absolute atomic E-state index is 2.30. The highest BCUT2D eigenvalue weighted by Crippen LogP contribution is 1.94. The average molecular weight is 255 g/mol. The number of hydrogen-bond donors (Lipinski definition) is 0.